The summed E-state index contributed by atoms with van der Waals surface area (Å²) in [5.41, 5.74) is 0.00607. The number of oxazole rings is 1. The second kappa shape index (κ2) is 4.14. The molecule has 2 heterocycles. The molecule has 0 aliphatic rings. The average Bonchev–Trinajstić information content (AvgIpc) is 2.71. The number of carboxylic acid groups (broad SMARTS) is 1. The van der Waals surface area contributed by atoms with Crippen molar-refractivity contribution in [1.82, 2.24) is 9.97 Å². The van der Waals surface area contributed by atoms with Gasteiger partial charge < -0.3 is 9.52 Å². The van der Waals surface area contributed by atoms with Gasteiger partial charge in [-0.3, -0.25) is 0 Å². The van der Waals surface area contributed by atoms with Gasteiger partial charge in [-0.2, -0.15) is 0 Å². The van der Waals surface area contributed by atoms with Gasteiger partial charge in [0.15, 0.2) is 0 Å². The maximum absolute atomic E-state index is 10.6. The number of rotatable bonds is 3. The predicted molar refractivity (Wildman–Crippen MR) is 51.8 cm³/mol. The molecule has 0 radical (unpaired) electrons. The van der Waals surface area contributed by atoms with Gasteiger partial charge in [0.2, 0.25) is 0 Å². The zero-order valence-electron chi connectivity index (χ0n) is 7.45. The van der Waals surface area contributed by atoms with Crippen LogP contribution < -0.4 is 0 Å². The van der Waals surface area contributed by atoms with Crippen molar-refractivity contribution in [3.8, 4) is 0 Å². The van der Waals surface area contributed by atoms with Gasteiger partial charge in [0.1, 0.15) is 17.0 Å². The molecule has 76 valence electrons. The van der Waals surface area contributed by atoms with Crippen LogP contribution in [-0.2, 0) is 0 Å². The Morgan fingerprint density at radius 3 is 3.00 bits per heavy atom. The van der Waals surface area contributed by atoms with Crippen molar-refractivity contribution < 1.29 is 14.3 Å². The topological polar surface area (TPSA) is 76.2 Å². The first-order chi connectivity index (χ1) is 7.25. The Hall–Kier alpha value is -1.82. The van der Waals surface area contributed by atoms with Crippen LogP contribution in [-0.4, -0.2) is 21.0 Å². The number of carbonyl (C=O) groups is 1. The van der Waals surface area contributed by atoms with E-state index < -0.39 is 5.97 Å². The van der Waals surface area contributed by atoms with Gasteiger partial charge in [-0.1, -0.05) is 6.07 Å². The van der Waals surface area contributed by atoms with Crippen LogP contribution in [0.25, 0.3) is 0 Å². The SMILES string of the molecule is O=C(O)c1cccc(Sc2ncco2)n1. The second-order valence-electron chi connectivity index (χ2n) is 2.57. The fourth-order valence-corrected chi connectivity index (χ4v) is 1.63. The lowest BCUT2D eigenvalue weighted by atomic mass is 10.4. The molecule has 0 atom stereocenters. The van der Waals surface area contributed by atoms with E-state index in [-0.39, 0.29) is 5.69 Å². The molecule has 15 heavy (non-hydrogen) atoms. The third-order valence-electron chi connectivity index (χ3n) is 1.54. The van der Waals surface area contributed by atoms with Crippen LogP contribution in [0.1, 0.15) is 10.5 Å². The molecule has 0 amide bonds. The van der Waals surface area contributed by atoms with E-state index in [1.165, 1.54) is 30.3 Å². The molecule has 2 aromatic heterocycles. The van der Waals surface area contributed by atoms with Crippen LogP contribution in [0.5, 0.6) is 0 Å². The van der Waals surface area contributed by atoms with E-state index in [0.29, 0.717) is 10.2 Å². The van der Waals surface area contributed by atoms with E-state index in [1.54, 1.807) is 12.1 Å². The molecule has 6 heteroatoms. The van der Waals surface area contributed by atoms with Crippen LogP contribution >= 0.6 is 11.8 Å². The molecule has 1 N–H and O–H groups in total. The molecule has 0 aliphatic heterocycles. The molecule has 0 spiro atoms. The summed E-state index contributed by atoms with van der Waals surface area (Å²) in [6.07, 6.45) is 2.97. The number of pyridine rings is 1. The Labute approximate surface area is 89.2 Å². The highest BCUT2D eigenvalue weighted by Crippen LogP contribution is 2.23. The molecule has 0 saturated heterocycles. The number of hydrogen-bond acceptors (Lipinski definition) is 5. The van der Waals surface area contributed by atoms with Crippen LogP contribution in [0.2, 0.25) is 0 Å². The molecule has 0 aliphatic carbocycles. The van der Waals surface area contributed by atoms with E-state index in [0.717, 1.165) is 0 Å². The predicted octanol–water partition coefficient (Wildman–Crippen LogP) is 1.92. The van der Waals surface area contributed by atoms with Crippen LogP contribution in [0.15, 0.2) is 45.3 Å². The van der Waals surface area contributed by atoms with E-state index in [4.69, 9.17) is 9.52 Å². The maximum atomic E-state index is 10.6. The van der Waals surface area contributed by atoms with Gasteiger partial charge in [-0.05, 0) is 23.9 Å². The number of hydrogen-bond donors (Lipinski definition) is 1. The highest BCUT2D eigenvalue weighted by molar-refractivity contribution is 7.99. The number of carboxylic acids is 1. The van der Waals surface area contributed by atoms with E-state index in [2.05, 4.69) is 9.97 Å². The van der Waals surface area contributed by atoms with Crippen LogP contribution in [0.3, 0.4) is 0 Å². The summed E-state index contributed by atoms with van der Waals surface area (Å²) in [7, 11) is 0. The molecule has 2 rings (SSSR count). The van der Waals surface area contributed by atoms with Gasteiger partial charge in [-0.15, -0.1) is 0 Å². The normalized spacial score (nSPS) is 10.1. The maximum Gasteiger partial charge on any atom is 0.354 e. The van der Waals surface area contributed by atoms with Crippen molar-refractivity contribution in [2.45, 2.75) is 10.2 Å². The zero-order chi connectivity index (χ0) is 10.7. The van der Waals surface area contributed by atoms with Gasteiger partial charge in [-0.25, -0.2) is 14.8 Å². The fraction of sp³-hybridized carbons (Fsp3) is 0. The fourth-order valence-electron chi connectivity index (χ4n) is 0.941. The summed E-state index contributed by atoms with van der Waals surface area (Å²) in [4.78, 5) is 18.5. The smallest absolute Gasteiger partial charge is 0.354 e. The largest absolute Gasteiger partial charge is 0.477 e. The Bertz CT molecular complexity index is 470. The summed E-state index contributed by atoms with van der Waals surface area (Å²) >= 11 is 1.17. The molecular weight excluding hydrogens is 216 g/mol. The van der Waals surface area contributed by atoms with Crippen molar-refractivity contribution >= 4 is 17.7 Å². The highest BCUT2D eigenvalue weighted by atomic mass is 32.2. The Balaban J connectivity index is 2.22. The molecule has 5 nitrogen and oxygen atoms in total. The summed E-state index contributed by atoms with van der Waals surface area (Å²) in [5, 5.41) is 9.70. The first-order valence-corrected chi connectivity index (χ1v) is 4.85. The summed E-state index contributed by atoms with van der Waals surface area (Å²) in [6, 6.07) is 4.75. The van der Waals surface area contributed by atoms with Gasteiger partial charge in [0.25, 0.3) is 5.22 Å². The molecular formula is C9H6N2O3S. The lowest BCUT2D eigenvalue weighted by Gasteiger charge is -1.97. The first-order valence-electron chi connectivity index (χ1n) is 4.03. The van der Waals surface area contributed by atoms with Gasteiger partial charge in [0, 0.05) is 0 Å². The lowest BCUT2D eigenvalue weighted by molar-refractivity contribution is 0.0689. The minimum absolute atomic E-state index is 0.00607. The van der Waals surface area contributed by atoms with Crippen LogP contribution in [0.4, 0.5) is 0 Å². The number of nitrogens with zero attached hydrogens (tertiary/aromatic N) is 2. The first kappa shape index (κ1) is 9.72. The van der Waals surface area contributed by atoms with Gasteiger partial charge in [0.05, 0.1) is 6.20 Å². The molecule has 2 aromatic rings. The molecule has 0 fully saturated rings. The average molecular weight is 222 g/mol. The lowest BCUT2D eigenvalue weighted by Crippen LogP contribution is -1.99. The third-order valence-corrected chi connectivity index (χ3v) is 2.36. The van der Waals surface area contributed by atoms with Gasteiger partial charge >= 0.3 is 5.97 Å². The van der Waals surface area contributed by atoms with Crippen molar-refractivity contribution in [2.24, 2.45) is 0 Å². The van der Waals surface area contributed by atoms with E-state index >= 15 is 0 Å². The van der Waals surface area contributed by atoms with E-state index in [9.17, 15) is 4.79 Å². The Morgan fingerprint density at radius 2 is 2.33 bits per heavy atom. The second-order valence-corrected chi connectivity index (χ2v) is 3.54. The highest BCUT2D eigenvalue weighted by Gasteiger charge is 2.07. The van der Waals surface area contributed by atoms with Crippen molar-refractivity contribution in [3.63, 3.8) is 0 Å². The Morgan fingerprint density at radius 1 is 1.47 bits per heavy atom. The summed E-state index contributed by atoms with van der Waals surface area (Å²) in [6.45, 7) is 0. The number of aromatic carboxylic acids is 1. The zero-order valence-corrected chi connectivity index (χ0v) is 8.27. The quantitative estimate of drug-likeness (QED) is 0.854. The van der Waals surface area contributed by atoms with Crippen LogP contribution in [0, 0.1) is 0 Å². The van der Waals surface area contributed by atoms with Crippen molar-refractivity contribution in [1.29, 1.82) is 0 Å². The summed E-state index contributed by atoms with van der Waals surface area (Å²) in [5.74, 6) is -1.05. The molecule has 0 saturated carbocycles. The Kier molecular flexibility index (Phi) is 2.68. The van der Waals surface area contributed by atoms with Crippen molar-refractivity contribution in [2.75, 3.05) is 0 Å². The number of aromatic nitrogens is 2. The van der Waals surface area contributed by atoms with E-state index in [1.807, 2.05) is 0 Å². The molecule has 0 aromatic carbocycles. The third kappa shape index (κ3) is 2.35. The standard InChI is InChI=1S/C9H6N2O3S/c12-8(13)6-2-1-3-7(11-6)15-9-10-4-5-14-9/h1-5H,(H,12,13). The van der Waals surface area contributed by atoms with Crippen molar-refractivity contribution in [3.05, 3.63) is 36.4 Å². The summed E-state index contributed by atoms with van der Waals surface area (Å²) < 4.78 is 5.00. The minimum atomic E-state index is -1.05. The monoisotopic (exact) mass is 222 g/mol. The molecule has 0 bridgehead atoms. The minimum Gasteiger partial charge on any atom is -0.477 e. The molecule has 0 unspecified atom stereocenters.